The minimum absolute atomic E-state index is 0.0204. The number of hydrogen-bond donors (Lipinski definition) is 2. The molecule has 1 saturated carbocycles. The molecule has 0 aromatic heterocycles. The van der Waals surface area contributed by atoms with Gasteiger partial charge in [0, 0.05) is 30.8 Å². The summed E-state index contributed by atoms with van der Waals surface area (Å²) < 4.78 is 0. The van der Waals surface area contributed by atoms with Crippen LogP contribution in [0.1, 0.15) is 24.8 Å². The first-order valence-corrected chi connectivity index (χ1v) is 6.32. The fraction of sp³-hybridized carbons (Fsp3) is 0.385. The van der Waals surface area contributed by atoms with Crippen molar-refractivity contribution in [2.75, 3.05) is 11.9 Å². The number of carbonyl (C=O) groups excluding carboxylic acids is 1. The van der Waals surface area contributed by atoms with E-state index in [4.69, 9.17) is 5.26 Å². The lowest BCUT2D eigenvalue weighted by atomic mass is 10.2. The zero-order chi connectivity index (χ0) is 14.5. The van der Waals surface area contributed by atoms with Crippen LogP contribution in [-0.4, -0.2) is 23.4 Å². The molecule has 0 aliphatic heterocycles. The van der Waals surface area contributed by atoms with Crippen LogP contribution in [-0.2, 0) is 4.79 Å². The van der Waals surface area contributed by atoms with Crippen molar-refractivity contribution >= 4 is 17.3 Å². The van der Waals surface area contributed by atoms with E-state index >= 15 is 0 Å². The first-order chi connectivity index (χ1) is 9.60. The van der Waals surface area contributed by atoms with E-state index in [9.17, 15) is 14.9 Å². The van der Waals surface area contributed by atoms with Crippen LogP contribution in [0.2, 0.25) is 0 Å². The molecule has 0 saturated heterocycles. The molecule has 1 aliphatic carbocycles. The van der Waals surface area contributed by atoms with Crippen molar-refractivity contribution in [3.05, 3.63) is 33.9 Å². The number of nitriles is 1. The number of nitrogens with zero attached hydrogens (tertiary/aromatic N) is 2. The quantitative estimate of drug-likeness (QED) is 0.604. The monoisotopic (exact) mass is 274 g/mol. The summed E-state index contributed by atoms with van der Waals surface area (Å²) in [4.78, 5) is 21.7. The molecule has 0 atom stereocenters. The second-order valence-corrected chi connectivity index (χ2v) is 4.62. The summed E-state index contributed by atoms with van der Waals surface area (Å²) in [5.41, 5.74) is 0.307. The van der Waals surface area contributed by atoms with E-state index in [0.29, 0.717) is 24.7 Å². The van der Waals surface area contributed by atoms with Gasteiger partial charge in [-0.3, -0.25) is 14.9 Å². The Morgan fingerprint density at radius 2 is 2.25 bits per heavy atom. The standard InChI is InChI=1S/C13H14N4O3/c14-8-9-1-2-11(7-12(9)17(19)20)15-6-5-13(18)16-10-3-4-10/h1-2,7,10,15H,3-6H2,(H,16,18). The molecule has 0 unspecified atom stereocenters. The number of nitro groups is 1. The highest BCUT2D eigenvalue weighted by atomic mass is 16.6. The smallest absolute Gasteiger partial charge is 0.289 e. The molecule has 20 heavy (non-hydrogen) atoms. The number of carbonyl (C=O) groups is 1. The average molecular weight is 274 g/mol. The van der Waals surface area contributed by atoms with Crippen LogP contribution in [0.25, 0.3) is 0 Å². The predicted octanol–water partition coefficient (Wildman–Crippen LogP) is 1.55. The predicted molar refractivity (Wildman–Crippen MR) is 72.1 cm³/mol. The Kier molecular flexibility index (Phi) is 4.15. The van der Waals surface area contributed by atoms with Gasteiger partial charge in [0.25, 0.3) is 5.69 Å². The van der Waals surface area contributed by atoms with Crippen LogP contribution >= 0.6 is 0 Å². The summed E-state index contributed by atoms with van der Waals surface area (Å²) in [5, 5.41) is 25.4. The SMILES string of the molecule is N#Cc1ccc(NCCC(=O)NC2CC2)cc1[N+](=O)[O-]. The molecule has 1 aromatic rings. The minimum Gasteiger partial charge on any atom is -0.384 e. The molecule has 0 heterocycles. The van der Waals surface area contributed by atoms with Crippen LogP contribution in [0.15, 0.2) is 18.2 Å². The minimum atomic E-state index is -0.594. The number of hydrogen-bond acceptors (Lipinski definition) is 5. The molecule has 1 amide bonds. The van der Waals surface area contributed by atoms with Crippen molar-refractivity contribution < 1.29 is 9.72 Å². The van der Waals surface area contributed by atoms with E-state index < -0.39 is 4.92 Å². The van der Waals surface area contributed by atoms with Crippen molar-refractivity contribution in [3.8, 4) is 6.07 Å². The first-order valence-electron chi connectivity index (χ1n) is 6.32. The molecule has 0 bridgehead atoms. The lowest BCUT2D eigenvalue weighted by Crippen LogP contribution is -2.27. The van der Waals surface area contributed by atoms with Gasteiger partial charge in [-0.1, -0.05) is 0 Å². The zero-order valence-corrected chi connectivity index (χ0v) is 10.8. The molecule has 7 nitrogen and oxygen atoms in total. The molecular formula is C13H14N4O3. The molecule has 0 spiro atoms. The van der Waals surface area contributed by atoms with Crippen molar-refractivity contribution in [3.63, 3.8) is 0 Å². The summed E-state index contributed by atoms with van der Waals surface area (Å²) in [6.07, 6.45) is 2.40. The number of nitro benzene ring substituents is 1. The Balaban J connectivity index is 1.89. The normalized spacial score (nSPS) is 13.3. The first kappa shape index (κ1) is 13.8. The van der Waals surface area contributed by atoms with E-state index in [-0.39, 0.29) is 17.2 Å². The molecule has 1 fully saturated rings. The lowest BCUT2D eigenvalue weighted by molar-refractivity contribution is -0.385. The maximum atomic E-state index is 11.5. The topological polar surface area (TPSA) is 108 Å². The highest BCUT2D eigenvalue weighted by Gasteiger charge is 2.22. The van der Waals surface area contributed by atoms with E-state index in [1.165, 1.54) is 12.1 Å². The fourth-order valence-electron chi connectivity index (χ4n) is 1.74. The van der Waals surface area contributed by atoms with Gasteiger partial charge < -0.3 is 10.6 Å². The Hall–Kier alpha value is -2.62. The molecular weight excluding hydrogens is 260 g/mol. The molecule has 2 rings (SSSR count). The summed E-state index contributed by atoms with van der Waals surface area (Å²) in [6, 6.07) is 6.39. The summed E-state index contributed by atoms with van der Waals surface area (Å²) >= 11 is 0. The Morgan fingerprint density at radius 3 is 2.85 bits per heavy atom. The van der Waals surface area contributed by atoms with Crippen LogP contribution < -0.4 is 10.6 Å². The molecule has 2 N–H and O–H groups in total. The van der Waals surface area contributed by atoms with Gasteiger partial charge in [0.05, 0.1) is 4.92 Å². The fourth-order valence-corrected chi connectivity index (χ4v) is 1.74. The maximum absolute atomic E-state index is 11.5. The van der Waals surface area contributed by atoms with Gasteiger partial charge in [0.2, 0.25) is 5.91 Å². The third kappa shape index (κ3) is 3.68. The summed E-state index contributed by atoms with van der Waals surface area (Å²) in [6.45, 7) is 0.390. The molecule has 104 valence electrons. The lowest BCUT2D eigenvalue weighted by Gasteiger charge is -2.07. The van der Waals surface area contributed by atoms with Crippen LogP contribution in [0.4, 0.5) is 11.4 Å². The number of amides is 1. The second-order valence-electron chi connectivity index (χ2n) is 4.62. The molecule has 0 radical (unpaired) electrons. The summed E-state index contributed by atoms with van der Waals surface area (Å²) in [5.74, 6) is -0.0249. The number of rotatable bonds is 6. The van der Waals surface area contributed by atoms with Crippen molar-refractivity contribution in [2.24, 2.45) is 0 Å². The van der Waals surface area contributed by atoms with Gasteiger partial charge in [0.15, 0.2) is 0 Å². The number of benzene rings is 1. The molecule has 7 heteroatoms. The van der Waals surface area contributed by atoms with Gasteiger partial charge >= 0.3 is 0 Å². The highest BCUT2D eigenvalue weighted by molar-refractivity contribution is 5.77. The Labute approximate surface area is 115 Å². The van der Waals surface area contributed by atoms with Crippen molar-refractivity contribution in [1.82, 2.24) is 5.32 Å². The largest absolute Gasteiger partial charge is 0.384 e. The molecule has 1 aromatic carbocycles. The number of anilines is 1. The van der Waals surface area contributed by atoms with Gasteiger partial charge in [-0.15, -0.1) is 0 Å². The van der Waals surface area contributed by atoms with Gasteiger partial charge in [0.1, 0.15) is 11.6 Å². The van der Waals surface area contributed by atoms with Crippen LogP contribution in [0.3, 0.4) is 0 Å². The Bertz CT molecular complexity index is 575. The summed E-state index contributed by atoms with van der Waals surface area (Å²) in [7, 11) is 0. The van der Waals surface area contributed by atoms with E-state index in [1.54, 1.807) is 12.1 Å². The van der Waals surface area contributed by atoms with E-state index in [0.717, 1.165) is 12.8 Å². The van der Waals surface area contributed by atoms with Crippen LogP contribution in [0, 0.1) is 21.4 Å². The highest BCUT2D eigenvalue weighted by Crippen LogP contribution is 2.22. The third-order valence-electron chi connectivity index (χ3n) is 2.94. The Morgan fingerprint density at radius 1 is 1.50 bits per heavy atom. The van der Waals surface area contributed by atoms with E-state index in [1.807, 2.05) is 0 Å². The third-order valence-corrected chi connectivity index (χ3v) is 2.94. The zero-order valence-electron chi connectivity index (χ0n) is 10.8. The maximum Gasteiger partial charge on any atom is 0.289 e. The average Bonchev–Trinajstić information content (AvgIpc) is 3.22. The van der Waals surface area contributed by atoms with Gasteiger partial charge in [-0.2, -0.15) is 5.26 Å². The van der Waals surface area contributed by atoms with Crippen molar-refractivity contribution in [1.29, 1.82) is 5.26 Å². The van der Waals surface area contributed by atoms with Crippen LogP contribution in [0.5, 0.6) is 0 Å². The van der Waals surface area contributed by atoms with Gasteiger partial charge in [-0.05, 0) is 25.0 Å². The van der Waals surface area contributed by atoms with Crippen molar-refractivity contribution in [2.45, 2.75) is 25.3 Å². The van der Waals surface area contributed by atoms with E-state index in [2.05, 4.69) is 10.6 Å². The number of nitrogens with one attached hydrogen (secondary N) is 2. The second kappa shape index (κ2) is 6.02. The molecule has 1 aliphatic rings. The van der Waals surface area contributed by atoms with Gasteiger partial charge in [-0.25, -0.2) is 0 Å².